The van der Waals surface area contributed by atoms with Crippen molar-refractivity contribution < 1.29 is 19.4 Å². The standard InChI is InChI=1S/C29H41N3O4/c1-2-30-29(34)31-19-22-8-14-25(15-9-22)28-35-26(20-32-16-6-4-3-5-7-17-32)18-27(36-28)24-12-10-23(21-33)11-13-24/h8-15,26-28,33H,2-7,16-21H2,1H3,(H2,30,31,34). The summed E-state index contributed by atoms with van der Waals surface area (Å²) in [4.78, 5) is 14.3. The topological polar surface area (TPSA) is 83.1 Å². The van der Waals surface area contributed by atoms with Crippen LogP contribution in [0.1, 0.15) is 80.1 Å². The summed E-state index contributed by atoms with van der Waals surface area (Å²) in [7, 11) is 0. The van der Waals surface area contributed by atoms with E-state index in [2.05, 4.69) is 27.7 Å². The van der Waals surface area contributed by atoms with Gasteiger partial charge in [0.15, 0.2) is 6.29 Å². The van der Waals surface area contributed by atoms with Crippen molar-refractivity contribution in [1.29, 1.82) is 0 Å². The van der Waals surface area contributed by atoms with Crippen LogP contribution in [-0.4, -0.2) is 48.3 Å². The van der Waals surface area contributed by atoms with Gasteiger partial charge < -0.3 is 30.1 Å². The maximum absolute atomic E-state index is 11.7. The van der Waals surface area contributed by atoms with Gasteiger partial charge in [-0.15, -0.1) is 0 Å². The van der Waals surface area contributed by atoms with Crippen LogP contribution >= 0.6 is 0 Å². The Labute approximate surface area is 215 Å². The van der Waals surface area contributed by atoms with Crippen LogP contribution in [-0.2, 0) is 22.6 Å². The third-order valence-electron chi connectivity index (χ3n) is 7.07. The highest BCUT2D eigenvalue weighted by atomic mass is 16.7. The molecule has 0 spiro atoms. The van der Waals surface area contributed by atoms with Crippen molar-refractivity contribution >= 4 is 6.03 Å². The molecular formula is C29H41N3O4. The van der Waals surface area contributed by atoms with E-state index in [4.69, 9.17) is 9.47 Å². The molecule has 7 nitrogen and oxygen atoms in total. The molecule has 2 saturated heterocycles. The van der Waals surface area contributed by atoms with E-state index in [9.17, 15) is 9.90 Å². The van der Waals surface area contributed by atoms with Crippen molar-refractivity contribution in [3.8, 4) is 0 Å². The molecule has 3 N–H and O–H groups in total. The quantitative estimate of drug-likeness (QED) is 0.490. The predicted octanol–water partition coefficient (Wildman–Crippen LogP) is 4.81. The summed E-state index contributed by atoms with van der Waals surface area (Å²) >= 11 is 0. The largest absolute Gasteiger partial charge is 0.392 e. The summed E-state index contributed by atoms with van der Waals surface area (Å²) in [5.74, 6) is 0. The first-order chi connectivity index (χ1) is 17.6. The van der Waals surface area contributed by atoms with Crippen molar-refractivity contribution in [2.24, 2.45) is 0 Å². The zero-order valence-electron chi connectivity index (χ0n) is 21.5. The fourth-order valence-electron chi connectivity index (χ4n) is 5.01. The van der Waals surface area contributed by atoms with Crippen molar-refractivity contribution in [2.75, 3.05) is 26.2 Å². The lowest BCUT2D eigenvalue weighted by Gasteiger charge is -2.38. The average molecular weight is 496 g/mol. The summed E-state index contributed by atoms with van der Waals surface area (Å²) in [5, 5.41) is 15.0. The molecule has 2 fully saturated rings. The number of nitrogens with one attached hydrogen (secondary N) is 2. The first-order valence-corrected chi connectivity index (χ1v) is 13.5. The molecule has 36 heavy (non-hydrogen) atoms. The molecule has 4 rings (SSSR count). The third-order valence-corrected chi connectivity index (χ3v) is 7.07. The fraction of sp³-hybridized carbons (Fsp3) is 0.552. The van der Waals surface area contributed by atoms with Gasteiger partial charge in [0.25, 0.3) is 0 Å². The minimum Gasteiger partial charge on any atom is -0.392 e. The molecule has 0 bridgehead atoms. The Hall–Kier alpha value is -2.45. The minimum atomic E-state index is -0.452. The van der Waals surface area contributed by atoms with Crippen molar-refractivity contribution in [2.45, 2.75) is 77.1 Å². The number of nitrogens with zero attached hydrogens (tertiary/aromatic N) is 1. The molecule has 0 aromatic heterocycles. The number of carbonyl (C=O) groups is 1. The van der Waals surface area contributed by atoms with Gasteiger partial charge in [-0.25, -0.2) is 4.79 Å². The number of ether oxygens (including phenoxy) is 2. The van der Waals surface area contributed by atoms with E-state index < -0.39 is 6.29 Å². The SMILES string of the molecule is CCNC(=O)NCc1ccc(C2OC(CN3CCCCCCC3)CC(c3ccc(CO)cc3)O2)cc1. The molecule has 7 heteroatoms. The van der Waals surface area contributed by atoms with Crippen LogP contribution in [0.25, 0.3) is 0 Å². The monoisotopic (exact) mass is 495 g/mol. The van der Waals surface area contributed by atoms with Crippen LogP contribution in [0.4, 0.5) is 4.79 Å². The molecule has 2 heterocycles. The van der Waals surface area contributed by atoms with Gasteiger partial charge in [-0.05, 0) is 49.5 Å². The Bertz CT molecular complexity index is 927. The summed E-state index contributed by atoms with van der Waals surface area (Å²) in [5.41, 5.74) is 4.01. The molecule has 2 aromatic carbocycles. The van der Waals surface area contributed by atoms with Crippen molar-refractivity contribution in [3.05, 3.63) is 70.8 Å². The van der Waals surface area contributed by atoms with Crippen LogP contribution in [0, 0.1) is 0 Å². The molecule has 0 radical (unpaired) electrons. The van der Waals surface area contributed by atoms with E-state index in [0.717, 1.165) is 48.3 Å². The maximum Gasteiger partial charge on any atom is 0.315 e. The summed E-state index contributed by atoms with van der Waals surface area (Å²) < 4.78 is 13.0. The van der Waals surface area contributed by atoms with Gasteiger partial charge in [-0.2, -0.15) is 0 Å². The van der Waals surface area contributed by atoms with E-state index >= 15 is 0 Å². The highest BCUT2D eigenvalue weighted by molar-refractivity contribution is 5.73. The number of carbonyl (C=O) groups excluding carboxylic acids is 1. The molecule has 0 aliphatic carbocycles. The first kappa shape index (κ1) is 26.6. The van der Waals surface area contributed by atoms with Gasteiger partial charge in [0, 0.05) is 31.6 Å². The second kappa shape index (κ2) is 13.7. The summed E-state index contributed by atoms with van der Waals surface area (Å²) in [6.45, 7) is 6.19. The van der Waals surface area contributed by atoms with Gasteiger partial charge in [0.1, 0.15) is 0 Å². The van der Waals surface area contributed by atoms with E-state index in [1.54, 1.807) is 0 Å². The second-order valence-corrected chi connectivity index (χ2v) is 9.87. The number of aliphatic hydroxyl groups excluding tert-OH is 1. The zero-order valence-corrected chi connectivity index (χ0v) is 21.5. The first-order valence-electron chi connectivity index (χ1n) is 13.5. The zero-order chi connectivity index (χ0) is 25.2. The van der Waals surface area contributed by atoms with E-state index in [0.29, 0.717) is 13.1 Å². The number of rotatable bonds is 8. The van der Waals surface area contributed by atoms with E-state index in [1.165, 1.54) is 32.1 Å². The molecule has 0 saturated carbocycles. The summed E-state index contributed by atoms with van der Waals surface area (Å²) in [6.07, 6.45) is 6.84. The molecule has 2 aromatic rings. The Morgan fingerprint density at radius 1 is 0.889 bits per heavy atom. The van der Waals surface area contributed by atoms with Crippen LogP contribution in [0.15, 0.2) is 48.5 Å². The Balaban J connectivity index is 1.46. The normalized spacial score (nSPS) is 23.4. The Kier molecular flexibility index (Phi) is 10.2. The second-order valence-electron chi connectivity index (χ2n) is 9.87. The molecule has 196 valence electrons. The molecule has 3 atom stereocenters. The minimum absolute atomic E-state index is 0.0381. The Morgan fingerprint density at radius 2 is 1.53 bits per heavy atom. The summed E-state index contributed by atoms with van der Waals surface area (Å²) in [6, 6.07) is 16.0. The van der Waals surface area contributed by atoms with Gasteiger partial charge in [-0.3, -0.25) is 0 Å². The smallest absolute Gasteiger partial charge is 0.315 e. The molecule has 3 unspecified atom stereocenters. The lowest BCUT2D eigenvalue weighted by atomic mass is 9.99. The average Bonchev–Trinajstić information content (AvgIpc) is 2.89. The highest BCUT2D eigenvalue weighted by Gasteiger charge is 2.33. The van der Waals surface area contributed by atoms with Gasteiger partial charge in [-0.1, -0.05) is 67.8 Å². The van der Waals surface area contributed by atoms with Gasteiger partial charge in [0.05, 0.1) is 18.8 Å². The Morgan fingerprint density at radius 3 is 2.19 bits per heavy atom. The number of amides is 2. The van der Waals surface area contributed by atoms with Gasteiger partial charge in [0.2, 0.25) is 0 Å². The lowest BCUT2D eigenvalue weighted by molar-refractivity contribution is -0.253. The van der Waals surface area contributed by atoms with E-state index in [1.807, 2.05) is 43.3 Å². The van der Waals surface area contributed by atoms with Crippen molar-refractivity contribution in [3.63, 3.8) is 0 Å². The number of aliphatic hydroxyl groups is 1. The van der Waals surface area contributed by atoms with Crippen LogP contribution < -0.4 is 10.6 Å². The molecule has 2 aliphatic heterocycles. The molecular weight excluding hydrogens is 454 g/mol. The van der Waals surface area contributed by atoms with Crippen molar-refractivity contribution in [1.82, 2.24) is 15.5 Å². The fourth-order valence-corrected chi connectivity index (χ4v) is 5.01. The lowest BCUT2D eigenvalue weighted by Crippen LogP contribution is -2.40. The molecule has 2 amide bonds. The number of hydrogen-bond donors (Lipinski definition) is 3. The molecule has 2 aliphatic rings. The van der Waals surface area contributed by atoms with Crippen LogP contribution in [0.3, 0.4) is 0 Å². The third kappa shape index (κ3) is 7.77. The number of urea groups is 1. The maximum atomic E-state index is 11.7. The highest BCUT2D eigenvalue weighted by Crippen LogP contribution is 2.38. The van der Waals surface area contributed by atoms with E-state index in [-0.39, 0.29) is 24.8 Å². The number of benzene rings is 2. The number of hydrogen-bond acceptors (Lipinski definition) is 5. The number of likely N-dealkylation sites (tertiary alicyclic amines) is 1. The van der Waals surface area contributed by atoms with Crippen LogP contribution in [0.2, 0.25) is 0 Å². The predicted molar refractivity (Wildman–Crippen MR) is 140 cm³/mol. The van der Waals surface area contributed by atoms with Gasteiger partial charge >= 0.3 is 6.03 Å². The van der Waals surface area contributed by atoms with Crippen LogP contribution in [0.5, 0.6) is 0 Å².